The lowest BCUT2D eigenvalue weighted by Crippen LogP contribution is -2.35. The Morgan fingerprint density at radius 3 is 2.32 bits per heavy atom. The monoisotopic (exact) mass is 256 g/mol. The van der Waals surface area contributed by atoms with E-state index in [1.54, 1.807) is 0 Å². The summed E-state index contributed by atoms with van der Waals surface area (Å²) in [7, 11) is 0. The molecule has 1 nitrogen and oxygen atoms in total. The molecular weight excluding hydrogens is 232 g/mol. The molecule has 0 aromatic heterocycles. The highest BCUT2D eigenvalue weighted by Crippen LogP contribution is 2.67. The second-order valence-electron chi connectivity index (χ2n) is 7.19. The molecule has 0 spiro atoms. The van der Waals surface area contributed by atoms with E-state index in [0.717, 1.165) is 6.42 Å². The fourth-order valence-electron chi connectivity index (χ4n) is 4.19. The highest BCUT2D eigenvalue weighted by molar-refractivity contribution is 5.58. The Morgan fingerprint density at radius 2 is 1.79 bits per heavy atom. The molecule has 1 aromatic carbocycles. The first-order valence-electron chi connectivity index (χ1n) is 7.32. The molecule has 19 heavy (non-hydrogen) atoms. The van der Waals surface area contributed by atoms with Gasteiger partial charge < -0.3 is 5.11 Å². The molecule has 0 unspecified atom stereocenters. The molecule has 2 bridgehead atoms. The first kappa shape index (κ1) is 12.9. The zero-order chi connectivity index (χ0) is 13.8. The van der Waals surface area contributed by atoms with Crippen LogP contribution in [0.1, 0.15) is 44.7 Å². The number of aliphatic hydroxyl groups is 1. The van der Waals surface area contributed by atoms with E-state index in [2.05, 4.69) is 58.0 Å². The predicted octanol–water partition coefficient (Wildman–Crippen LogP) is 4.20. The second kappa shape index (κ2) is 3.96. The zero-order valence-corrected chi connectivity index (χ0v) is 12.4. The summed E-state index contributed by atoms with van der Waals surface area (Å²) >= 11 is 0. The molecule has 1 aromatic rings. The Labute approximate surface area is 116 Å². The number of hydrogen-bond donors (Lipinski definition) is 1. The topological polar surface area (TPSA) is 20.2 Å². The van der Waals surface area contributed by atoms with Gasteiger partial charge in [-0.1, -0.05) is 56.7 Å². The third-order valence-electron chi connectivity index (χ3n) is 6.03. The van der Waals surface area contributed by atoms with Crippen LogP contribution in [0.5, 0.6) is 0 Å². The molecule has 2 fully saturated rings. The van der Waals surface area contributed by atoms with Gasteiger partial charge >= 0.3 is 0 Å². The fourth-order valence-corrected chi connectivity index (χ4v) is 4.19. The molecular formula is C18H24O. The Bertz CT molecular complexity index is 523. The Balaban J connectivity index is 2.01. The summed E-state index contributed by atoms with van der Waals surface area (Å²) in [6, 6.07) is 8.57. The average molecular weight is 256 g/mol. The summed E-state index contributed by atoms with van der Waals surface area (Å²) < 4.78 is 0. The lowest BCUT2D eigenvalue weighted by atomic mass is 9.70. The largest absolute Gasteiger partial charge is 0.388 e. The van der Waals surface area contributed by atoms with Crippen LogP contribution in [-0.2, 0) is 0 Å². The van der Waals surface area contributed by atoms with Crippen molar-refractivity contribution in [2.45, 2.75) is 46.6 Å². The number of hydrogen-bond acceptors (Lipinski definition) is 1. The van der Waals surface area contributed by atoms with Crippen LogP contribution in [0.25, 0.3) is 6.08 Å². The van der Waals surface area contributed by atoms with Crippen LogP contribution in [0.3, 0.4) is 0 Å². The molecule has 0 radical (unpaired) electrons. The minimum atomic E-state index is -0.275. The van der Waals surface area contributed by atoms with Crippen LogP contribution in [0.4, 0.5) is 0 Å². The van der Waals surface area contributed by atoms with Crippen molar-refractivity contribution >= 4 is 6.08 Å². The molecule has 0 saturated heterocycles. The van der Waals surface area contributed by atoms with Crippen molar-refractivity contribution in [3.05, 3.63) is 41.0 Å². The van der Waals surface area contributed by atoms with Crippen molar-refractivity contribution in [3.63, 3.8) is 0 Å². The Hall–Kier alpha value is -1.08. The second-order valence-corrected chi connectivity index (χ2v) is 7.19. The van der Waals surface area contributed by atoms with Gasteiger partial charge in [0.2, 0.25) is 0 Å². The lowest BCUT2D eigenvalue weighted by Gasteiger charge is -2.36. The van der Waals surface area contributed by atoms with Gasteiger partial charge in [0.25, 0.3) is 0 Å². The number of fused-ring (bicyclic) bond motifs is 2. The molecule has 102 valence electrons. The van der Waals surface area contributed by atoms with Gasteiger partial charge in [-0.15, -0.1) is 0 Å². The maximum Gasteiger partial charge on any atom is 0.0815 e. The highest BCUT2D eigenvalue weighted by atomic mass is 16.3. The number of rotatable bonds is 1. The van der Waals surface area contributed by atoms with Crippen LogP contribution in [0.15, 0.2) is 29.8 Å². The normalized spacial score (nSPS) is 38.1. The molecule has 1 heteroatoms. The van der Waals surface area contributed by atoms with Gasteiger partial charge in [0, 0.05) is 5.41 Å². The molecule has 3 atom stereocenters. The van der Waals surface area contributed by atoms with Crippen LogP contribution < -0.4 is 0 Å². The van der Waals surface area contributed by atoms with Gasteiger partial charge in [-0.3, -0.25) is 0 Å². The standard InChI is InChI=1S/C18H24O/c1-12-5-7-13(8-6-12)11-14-15-9-10-18(4,16(14)19)17(15,2)3/h5-8,11,15-16,19H,9-10H2,1-4H3/b14-11+/t15-,16-,18-/m0/s1. The molecule has 0 aliphatic heterocycles. The molecule has 3 rings (SSSR count). The third-order valence-corrected chi connectivity index (χ3v) is 6.03. The average Bonchev–Trinajstić information content (AvgIpc) is 2.66. The summed E-state index contributed by atoms with van der Waals surface area (Å²) in [6.45, 7) is 9.01. The van der Waals surface area contributed by atoms with E-state index >= 15 is 0 Å². The van der Waals surface area contributed by atoms with E-state index in [1.165, 1.54) is 23.1 Å². The number of benzene rings is 1. The van der Waals surface area contributed by atoms with E-state index in [1.807, 2.05) is 0 Å². The number of aliphatic hydroxyl groups excluding tert-OH is 1. The smallest absolute Gasteiger partial charge is 0.0815 e. The van der Waals surface area contributed by atoms with Crippen molar-refractivity contribution in [2.75, 3.05) is 0 Å². The van der Waals surface area contributed by atoms with Crippen LogP contribution in [-0.4, -0.2) is 11.2 Å². The molecule has 2 aliphatic carbocycles. The minimum Gasteiger partial charge on any atom is -0.388 e. The molecule has 0 heterocycles. The van der Waals surface area contributed by atoms with Gasteiger partial charge in [-0.05, 0) is 42.2 Å². The maximum atomic E-state index is 10.7. The highest BCUT2D eigenvalue weighted by Gasteiger charge is 2.63. The van der Waals surface area contributed by atoms with Crippen LogP contribution in [0, 0.1) is 23.7 Å². The SMILES string of the molecule is Cc1ccc(/C=C2\[C@@H]3CC[C@@](C)([C@H]2O)C3(C)C)cc1. The molecule has 2 aliphatic rings. The zero-order valence-electron chi connectivity index (χ0n) is 12.4. The van der Waals surface area contributed by atoms with Crippen molar-refractivity contribution in [1.29, 1.82) is 0 Å². The van der Waals surface area contributed by atoms with E-state index in [4.69, 9.17) is 0 Å². The first-order valence-corrected chi connectivity index (χ1v) is 7.32. The Morgan fingerprint density at radius 1 is 1.16 bits per heavy atom. The van der Waals surface area contributed by atoms with E-state index < -0.39 is 0 Å². The molecule has 1 N–H and O–H groups in total. The van der Waals surface area contributed by atoms with Gasteiger partial charge in [-0.2, -0.15) is 0 Å². The van der Waals surface area contributed by atoms with E-state index in [0.29, 0.717) is 5.92 Å². The molecule has 2 saturated carbocycles. The van der Waals surface area contributed by atoms with Gasteiger partial charge in [0.1, 0.15) is 0 Å². The molecule has 0 amide bonds. The first-order chi connectivity index (χ1) is 8.86. The van der Waals surface area contributed by atoms with Crippen molar-refractivity contribution in [2.24, 2.45) is 16.7 Å². The van der Waals surface area contributed by atoms with Crippen LogP contribution >= 0.6 is 0 Å². The summed E-state index contributed by atoms with van der Waals surface area (Å²) in [5, 5.41) is 10.7. The van der Waals surface area contributed by atoms with Gasteiger partial charge in [0.05, 0.1) is 6.10 Å². The van der Waals surface area contributed by atoms with Crippen LogP contribution in [0.2, 0.25) is 0 Å². The summed E-state index contributed by atoms with van der Waals surface area (Å²) in [5.41, 5.74) is 4.01. The quantitative estimate of drug-likeness (QED) is 0.798. The van der Waals surface area contributed by atoms with E-state index in [9.17, 15) is 5.11 Å². The predicted molar refractivity (Wildman–Crippen MR) is 79.8 cm³/mol. The van der Waals surface area contributed by atoms with Crippen molar-refractivity contribution in [3.8, 4) is 0 Å². The van der Waals surface area contributed by atoms with Crippen molar-refractivity contribution in [1.82, 2.24) is 0 Å². The summed E-state index contributed by atoms with van der Waals surface area (Å²) in [5.74, 6) is 0.536. The summed E-state index contributed by atoms with van der Waals surface area (Å²) in [4.78, 5) is 0. The minimum absolute atomic E-state index is 0.0498. The third kappa shape index (κ3) is 1.64. The maximum absolute atomic E-state index is 10.7. The van der Waals surface area contributed by atoms with Gasteiger partial charge in [-0.25, -0.2) is 0 Å². The summed E-state index contributed by atoms with van der Waals surface area (Å²) in [6.07, 6.45) is 4.32. The van der Waals surface area contributed by atoms with Gasteiger partial charge in [0.15, 0.2) is 0 Å². The fraction of sp³-hybridized carbons (Fsp3) is 0.556. The number of aryl methyl sites for hydroxylation is 1. The Kier molecular flexibility index (Phi) is 2.69. The van der Waals surface area contributed by atoms with E-state index in [-0.39, 0.29) is 16.9 Å². The lowest BCUT2D eigenvalue weighted by molar-refractivity contribution is 0.0264. The van der Waals surface area contributed by atoms with Crippen molar-refractivity contribution < 1.29 is 5.11 Å².